The first-order valence-electron chi connectivity index (χ1n) is 9.86. The smallest absolute Gasteiger partial charge is 0.0314 e. The van der Waals surface area contributed by atoms with Crippen LogP contribution in [0.3, 0.4) is 0 Å². The molecule has 24 heavy (non-hydrogen) atoms. The van der Waals surface area contributed by atoms with Gasteiger partial charge in [0.2, 0.25) is 0 Å². The minimum Gasteiger partial charge on any atom is -0.401 e. The van der Waals surface area contributed by atoms with Gasteiger partial charge in [0.15, 0.2) is 0 Å². The fourth-order valence-electron chi connectivity index (χ4n) is 3.92. The summed E-state index contributed by atoms with van der Waals surface area (Å²) >= 11 is 0. The Bertz CT molecular complexity index is 502. The average Bonchev–Trinajstić information content (AvgIpc) is 2.59. The van der Waals surface area contributed by atoms with Crippen molar-refractivity contribution >= 4 is 0 Å². The number of rotatable bonds is 9. The van der Waals surface area contributed by atoms with Gasteiger partial charge in [0.1, 0.15) is 0 Å². The summed E-state index contributed by atoms with van der Waals surface area (Å²) in [6.07, 6.45) is 20.8. The summed E-state index contributed by atoms with van der Waals surface area (Å²) in [5.41, 5.74) is 9.01. The highest BCUT2D eigenvalue weighted by atomic mass is 14.6. The SMILES string of the molecule is C/C=C\C=C(\N)C(C)(CC)C1=CCC(C)(C(CCC)CCC)C=C1. The van der Waals surface area contributed by atoms with Crippen LogP contribution in [-0.2, 0) is 0 Å². The van der Waals surface area contributed by atoms with E-state index in [0.29, 0.717) is 5.41 Å². The van der Waals surface area contributed by atoms with E-state index in [0.717, 1.165) is 24.5 Å². The highest BCUT2D eigenvalue weighted by Crippen LogP contribution is 2.46. The topological polar surface area (TPSA) is 26.0 Å². The minimum atomic E-state index is -0.0671. The molecule has 136 valence electrons. The van der Waals surface area contributed by atoms with Crippen LogP contribution >= 0.6 is 0 Å². The lowest BCUT2D eigenvalue weighted by atomic mass is 9.65. The summed E-state index contributed by atoms with van der Waals surface area (Å²) in [4.78, 5) is 0. The third-order valence-corrected chi connectivity index (χ3v) is 6.06. The monoisotopic (exact) mass is 329 g/mol. The number of allylic oxidation sites excluding steroid dienone is 7. The highest BCUT2D eigenvalue weighted by Gasteiger charge is 2.35. The van der Waals surface area contributed by atoms with Crippen LogP contribution in [-0.4, -0.2) is 0 Å². The second-order valence-electron chi connectivity index (χ2n) is 7.81. The molecule has 1 rings (SSSR count). The zero-order valence-electron chi connectivity index (χ0n) is 16.9. The van der Waals surface area contributed by atoms with Crippen molar-refractivity contribution < 1.29 is 0 Å². The van der Waals surface area contributed by atoms with Crippen molar-refractivity contribution in [3.05, 3.63) is 47.7 Å². The maximum Gasteiger partial charge on any atom is 0.0314 e. The fraction of sp³-hybridized carbons (Fsp3) is 0.652. The normalized spacial score (nSPS) is 24.5. The second-order valence-corrected chi connectivity index (χ2v) is 7.81. The van der Waals surface area contributed by atoms with Gasteiger partial charge in [-0.25, -0.2) is 0 Å². The molecule has 0 heterocycles. The van der Waals surface area contributed by atoms with Crippen LogP contribution < -0.4 is 5.73 Å². The summed E-state index contributed by atoms with van der Waals surface area (Å²) in [6.45, 7) is 13.6. The van der Waals surface area contributed by atoms with E-state index in [1.165, 1.54) is 31.3 Å². The molecule has 0 bridgehead atoms. The average molecular weight is 330 g/mol. The zero-order chi connectivity index (χ0) is 18.2. The van der Waals surface area contributed by atoms with Crippen molar-refractivity contribution in [3.8, 4) is 0 Å². The van der Waals surface area contributed by atoms with E-state index in [1.54, 1.807) is 0 Å². The quantitative estimate of drug-likeness (QED) is 0.456. The van der Waals surface area contributed by atoms with E-state index in [2.05, 4.69) is 58.9 Å². The molecule has 1 aliphatic rings. The summed E-state index contributed by atoms with van der Waals surface area (Å²) in [6, 6.07) is 0. The van der Waals surface area contributed by atoms with Crippen LogP contribution in [0.5, 0.6) is 0 Å². The van der Waals surface area contributed by atoms with E-state index in [1.807, 2.05) is 19.1 Å². The Kier molecular flexibility index (Phi) is 8.06. The molecule has 0 aromatic heterocycles. The third kappa shape index (κ3) is 4.65. The van der Waals surface area contributed by atoms with E-state index in [9.17, 15) is 0 Å². The summed E-state index contributed by atoms with van der Waals surface area (Å²) in [5, 5.41) is 0. The number of hydrogen-bond donors (Lipinski definition) is 1. The second kappa shape index (κ2) is 9.30. The lowest BCUT2D eigenvalue weighted by molar-refractivity contribution is 0.219. The lowest BCUT2D eigenvalue weighted by Gasteiger charge is -2.40. The molecular weight excluding hydrogens is 290 g/mol. The van der Waals surface area contributed by atoms with Gasteiger partial charge in [-0.1, -0.05) is 77.8 Å². The Morgan fingerprint density at radius 1 is 1.29 bits per heavy atom. The summed E-state index contributed by atoms with van der Waals surface area (Å²) in [5.74, 6) is 0.783. The van der Waals surface area contributed by atoms with Gasteiger partial charge in [0.05, 0.1) is 0 Å². The van der Waals surface area contributed by atoms with E-state index in [-0.39, 0.29) is 5.41 Å². The maximum absolute atomic E-state index is 6.44. The largest absolute Gasteiger partial charge is 0.401 e. The van der Waals surface area contributed by atoms with E-state index >= 15 is 0 Å². The Morgan fingerprint density at radius 2 is 1.92 bits per heavy atom. The van der Waals surface area contributed by atoms with Crippen LogP contribution in [0.15, 0.2) is 47.7 Å². The van der Waals surface area contributed by atoms with Crippen molar-refractivity contribution in [2.24, 2.45) is 22.5 Å². The standard InChI is InChI=1S/C23H39N/c1-7-11-14-21(24)23(6,10-4)20-15-17-22(5,18-16-20)19(12-8-2)13-9-3/h7,11,14-17,19H,8-10,12-13,18,24H2,1-6H3/b11-7-,21-14+. The van der Waals surface area contributed by atoms with Gasteiger partial charge < -0.3 is 5.73 Å². The molecule has 0 saturated heterocycles. The first kappa shape index (κ1) is 20.8. The molecular formula is C23H39N. The van der Waals surface area contributed by atoms with Gasteiger partial charge in [-0.05, 0) is 55.6 Å². The predicted molar refractivity (Wildman–Crippen MR) is 109 cm³/mol. The Balaban J connectivity index is 3.03. The molecule has 0 aromatic carbocycles. The molecule has 2 N–H and O–H groups in total. The molecule has 1 heteroatoms. The van der Waals surface area contributed by atoms with Crippen molar-refractivity contribution in [1.29, 1.82) is 0 Å². The fourth-order valence-corrected chi connectivity index (χ4v) is 3.92. The van der Waals surface area contributed by atoms with Gasteiger partial charge in [-0.3, -0.25) is 0 Å². The van der Waals surface area contributed by atoms with Crippen LogP contribution in [0.1, 0.15) is 80.1 Å². The molecule has 0 fully saturated rings. The maximum atomic E-state index is 6.44. The Hall–Kier alpha value is -1.24. The number of nitrogens with two attached hydrogens (primary N) is 1. The Morgan fingerprint density at radius 3 is 2.33 bits per heavy atom. The molecule has 0 radical (unpaired) electrons. The predicted octanol–water partition coefficient (Wildman–Crippen LogP) is 6.93. The van der Waals surface area contributed by atoms with E-state index < -0.39 is 0 Å². The van der Waals surface area contributed by atoms with Crippen molar-refractivity contribution in [2.75, 3.05) is 0 Å². The first-order chi connectivity index (χ1) is 11.4. The lowest BCUT2D eigenvalue weighted by Crippen LogP contribution is -2.31. The molecule has 1 nitrogen and oxygen atoms in total. The van der Waals surface area contributed by atoms with Gasteiger partial charge >= 0.3 is 0 Å². The van der Waals surface area contributed by atoms with Crippen LogP contribution in [0.25, 0.3) is 0 Å². The van der Waals surface area contributed by atoms with Crippen LogP contribution in [0.4, 0.5) is 0 Å². The van der Waals surface area contributed by atoms with Crippen LogP contribution in [0.2, 0.25) is 0 Å². The van der Waals surface area contributed by atoms with E-state index in [4.69, 9.17) is 5.73 Å². The molecule has 0 saturated carbocycles. The van der Waals surface area contributed by atoms with Gasteiger partial charge in [-0.15, -0.1) is 0 Å². The van der Waals surface area contributed by atoms with Crippen molar-refractivity contribution in [1.82, 2.24) is 0 Å². The van der Waals surface area contributed by atoms with Crippen molar-refractivity contribution in [2.45, 2.75) is 80.1 Å². The van der Waals surface area contributed by atoms with Crippen LogP contribution in [0, 0.1) is 16.7 Å². The molecule has 0 aliphatic heterocycles. The van der Waals surface area contributed by atoms with Gasteiger partial charge in [0, 0.05) is 11.1 Å². The van der Waals surface area contributed by atoms with Crippen molar-refractivity contribution in [3.63, 3.8) is 0 Å². The minimum absolute atomic E-state index is 0.0671. The number of hydrogen-bond acceptors (Lipinski definition) is 1. The van der Waals surface area contributed by atoms with Gasteiger partial charge in [0.25, 0.3) is 0 Å². The zero-order valence-corrected chi connectivity index (χ0v) is 16.9. The molecule has 2 unspecified atom stereocenters. The molecule has 0 spiro atoms. The molecule has 0 aromatic rings. The molecule has 1 aliphatic carbocycles. The molecule has 2 atom stereocenters. The highest BCUT2D eigenvalue weighted by molar-refractivity contribution is 5.39. The first-order valence-corrected chi connectivity index (χ1v) is 9.86. The Labute approximate surface area is 150 Å². The third-order valence-electron chi connectivity index (χ3n) is 6.06. The van der Waals surface area contributed by atoms with Gasteiger partial charge in [-0.2, -0.15) is 0 Å². The summed E-state index contributed by atoms with van der Waals surface area (Å²) < 4.78 is 0. The molecule has 0 amide bonds. The summed E-state index contributed by atoms with van der Waals surface area (Å²) in [7, 11) is 0.